The molecule has 4 rings (SSSR count). The number of aromatic amines is 1. The number of imidazole rings is 1. The molecule has 194 valence electrons. The number of aromatic hydroxyl groups is 2. The second-order valence-corrected chi connectivity index (χ2v) is 9.65. The van der Waals surface area contributed by atoms with Crippen LogP contribution in [0.1, 0.15) is 47.7 Å². The van der Waals surface area contributed by atoms with Gasteiger partial charge in [-0.2, -0.15) is 11.8 Å². The quantitative estimate of drug-likeness (QED) is 0.240. The number of rotatable bonds is 10. The SMILES string of the molecule is COc1cc(C(CC(=O)NC(CCSC)c2nc3ccccc3[nH]2)c2oc(C)cc(=O)c2O)ccc1O. The van der Waals surface area contributed by atoms with E-state index in [-0.39, 0.29) is 35.6 Å². The lowest BCUT2D eigenvalue weighted by Gasteiger charge is -2.21. The highest BCUT2D eigenvalue weighted by molar-refractivity contribution is 7.98. The van der Waals surface area contributed by atoms with Crippen LogP contribution in [0.15, 0.2) is 57.7 Å². The Morgan fingerprint density at radius 1 is 1.22 bits per heavy atom. The van der Waals surface area contributed by atoms with Crippen LogP contribution >= 0.6 is 11.8 Å². The number of thioether (sulfide) groups is 1. The van der Waals surface area contributed by atoms with Crippen molar-refractivity contribution in [2.75, 3.05) is 19.1 Å². The summed E-state index contributed by atoms with van der Waals surface area (Å²) in [6.45, 7) is 1.60. The number of phenolic OH excluding ortho intramolecular Hbond substituents is 1. The van der Waals surface area contributed by atoms with Gasteiger partial charge in [-0.15, -0.1) is 0 Å². The topological polar surface area (TPSA) is 138 Å². The average molecular weight is 524 g/mol. The number of H-pyrrole nitrogens is 1. The zero-order chi connectivity index (χ0) is 26.5. The monoisotopic (exact) mass is 523 g/mol. The summed E-state index contributed by atoms with van der Waals surface area (Å²) < 4.78 is 11.0. The Bertz CT molecular complexity index is 1430. The predicted molar refractivity (Wildman–Crippen MR) is 142 cm³/mol. The number of amides is 1. The minimum absolute atomic E-state index is 0.0303. The third-order valence-electron chi connectivity index (χ3n) is 6.07. The van der Waals surface area contributed by atoms with E-state index in [9.17, 15) is 19.8 Å². The van der Waals surface area contributed by atoms with Gasteiger partial charge in [-0.3, -0.25) is 9.59 Å². The number of para-hydroxylation sites is 2. The highest BCUT2D eigenvalue weighted by atomic mass is 32.2. The first-order chi connectivity index (χ1) is 17.8. The Labute approximate surface area is 217 Å². The van der Waals surface area contributed by atoms with Crippen LogP contribution < -0.4 is 15.5 Å². The van der Waals surface area contributed by atoms with Crippen LogP contribution in [-0.2, 0) is 4.79 Å². The van der Waals surface area contributed by atoms with Gasteiger partial charge < -0.3 is 29.7 Å². The minimum atomic E-state index is -0.820. The van der Waals surface area contributed by atoms with Crippen LogP contribution in [0, 0.1) is 6.92 Å². The number of carbonyl (C=O) groups is 1. The van der Waals surface area contributed by atoms with E-state index in [0.717, 1.165) is 16.8 Å². The van der Waals surface area contributed by atoms with E-state index in [2.05, 4.69) is 15.3 Å². The maximum Gasteiger partial charge on any atom is 0.227 e. The second kappa shape index (κ2) is 11.4. The number of aromatic nitrogens is 2. The first kappa shape index (κ1) is 26.2. The fourth-order valence-corrected chi connectivity index (χ4v) is 4.70. The first-order valence-electron chi connectivity index (χ1n) is 11.7. The molecule has 2 aromatic heterocycles. The van der Waals surface area contributed by atoms with Crippen molar-refractivity contribution in [3.05, 3.63) is 81.7 Å². The molecule has 4 aromatic rings. The summed E-state index contributed by atoms with van der Waals surface area (Å²) in [5.41, 5.74) is 1.61. The van der Waals surface area contributed by atoms with Gasteiger partial charge in [0, 0.05) is 12.5 Å². The van der Waals surface area contributed by atoms with Crippen LogP contribution in [0.5, 0.6) is 17.2 Å². The number of fused-ring (bicyclic) bond motifs is 1. The molecule has 10 heteroatoms. The summed E-state index contributed by atoms with van der Waals surface area (Å²) in [7, 11) is 1.41. The van der Waals surface area contributed by atoms with E-state index >= 15 is 0 Å². The van der Waals surface area contributed by atoms with E-state index < -0.39 is 17.1 Å². The largest absolute Gasteiger partial charge is 0.504 e. The molecule has 2 atom stereocenters. The molecule has 0 bridgehead atoms. The molecule has 0 fully saturated rings. The van der Waals surface area contributed by atoms with Crippen LogP contribution in [0.4, 0.5) is 0 Å². The zero-order valence-electron chi connectivity index (χ0n) is 20.8. The minimum Gasteiger partial charge on any atom is -0.504 e. The molecule has 9 nitrogen and oxygen atoms in total. The molecule has 0 spiro atoms. The number of benzene rings is 2. The molecule has 0 saturated carbocycles. The van der Waals surface area contributed by atoms with Crippen molar-refractivity contribution in [2.45, 2.75) is 31.7 Å². The summed E-state index contributed by atoms with van der Waals surface area (Å²) >= 11 is 1.66. The van der Waals surface area contributed by atoms with Crippen LogP contribution in [0.3, 0.4) is 0 Å². The maximum atomic E-state index is 13.4. The van der Waals surface area contributed by atoms with E-state index in [4.69, 9.17) is 9.15 Å². The normalized spacial score (nSPS) is 12.8. The van der Waals surface area contributed by atoms with Crippen LogP contribution in [0.25, 0.3) is 11.0 Å². The molecule has 0 aliphatic carbocycles. The molecule has 0 saturated heterocycles. The fraction of sp³-hybridized carbons (Fsp3) is 0.296. The maximum absolute atomic E-state index is 13.4. The van der Waals surface area contributed by atoms with Gasteiger partial charge in [-0.1, -0.05) is 18.2 Å². The smallest absolute Gasteiger partial charge is 0.227 e. The van der Waals surface area contributed by atoms with Gasteiger partial charge >= 0.3 is 0 Å². The van der Waals surface area contributed by atoms with Crippen LogP contribution in [-0.4, -0.2) is 45.2 Å². The molecule has 0 aliphatic rings. The third-order valence-corrected chi connectivity index (χ3v) is 6.71. The summed E-state index contributed by atoms with van der Waals surface area (Å²) in [5.74, 6) is 0.123. The molecule has 37 heavy (non-hydrogen) atoms. The number of phenols is 1. The number of nitrogens with one attached hydrogen (secondary N) is 2. The van der Waals surface area contributed by atoms with E-state index in [0.29, 0.717) is 23.6 Å². The lowest BCUT2D eigenvalue weighted by atomic mass is 9.91. The second-order valence-electron chi connectivity index (χ2n) is 8.66. The first-order valence-corrected chi connectivity index (χ1v) is 13.1. The van der Waals surface area contributed by atoms with E-state index in [1.165, 1.54) is 19.2 Å². The van der Waals surface area contributed by atoms with Gasteiger partial charge in [0.15, 0.2) is 17.3 Å². The lowest BCUT2D eigenvalue weighted by molar-refractivity contribution is -0.122. The van der Waals surface area contributed by atoms with Crippen molar-refractivity contribution in [3.63, 3.8) is 0 Å². The zero-order valence-corrected chi connectivity index (χ0v) is 21.6. The van der Waals surface area contributed by atoms with Gasteiger partial charge in [0.05, 0.1) is 30.1 Å². The van der Waals surface area contributed by atoms with Gasteiger partial charge in [0.1, 0.15) is 11.6 Å². The predicted octanol–water partition coefficient (Wildman–Crippen LogP) is 4.38. The number of aryl methyl sites for hydroxylation is 1. The summed E-state index contributed by atoms with van der Waals surface area (Å²) in [5, 5.41) is 23.7. The van der Waals surface area contributed by atoms with Crippen molar-refractivity contribution < 1.29 is 24.2 Å². The van der Waals surface area contributed by atoms with Gasteiger partial charge in [0.2, 0.25) is 17.1 Å². The summed E-state index contributed by atoms with van der Waals surface area (Å²) in [6.07, 6.45) is 2.51. The van der Waals surface area contributed by atoms with E-state index in [1.54, 1.807) is 30.8 Å². The highest BCUT2D eigenvalue weighted by Crippen LogP contribution is 2.37. The molecule has 2 aromatic carbocycles. The standard InChI is InChI=1S/C27H29N3O6S/c1-15-12-22(32)25(34)26(36-15)17(16-8-9-21(31)23(13-16)35-2)14-24(33)28-20(10-11-37-3)27-29-18-6-4-5-7-19(18)30-27/h4-9,12-13,17,20,31,34H,10-11,14H2,1-3H3,(H,28,33)(H,29,30). The molecular weight excluding hydrogens is 494 g/mol. The van der Waals surface area contributed by atoms with E-state index in [1.807, 2.05) is 30.5 Å². The number of carbonyl (C=O) groups excluding carboxylic acids is 1. The Hall–Kier alpha value is -3.92. The number of ether oxygens (including phenoxy) is 1. The Morgan fingerprint density at radius 2 is 2.00 bits per heavy atom. The van der Waals surface area contributed by atoms with Gasteiger partial charge in [-0.25, -0.2) is 4.98 Å². The molecular formula is C27H29N3O6S. The number of hydrogen-bond donors (Lipinski definition) is 4. The van der Waals surface area contributed by atoms with Crippen molar-refractivity contribution in [2.24, 2.45) is 0 Å². The van der Waals surface area contributed by atoms with Gasteiger partial charge in [-0.05, 0) is 55.2 Å². The van der Waals surface area contributed by atoms with Gasteiger partial charge in [0.25, 0.3) is 0 Å². The molecule has 2 heterocycles. The van der Waals surface area contributed by atoms with Crippen molar-refractivity contribution in [1.82, 2.24) is 15.3 Å². The summed E-state index contributed by atoms with van der Waals surface area (Å²) in [6, 6.07) is 13.0. The number of hydrogen-bond acceptors (Lipinski definition) is 8. The number of methoxy groups -OCH3 is 1. The molecule has 1 amide bonds. The molecule has 4 N–H and O–H groups in total. The Morgan fingerprint density at radius 3 is 2.73 bits per heavy atom. The average Bonchev–Trinajstić information content (AvgIpc) is 3.32. The Balaban J connectivity index is 1.68. The highest BCUT2D eigenvalue weighted by Gasteiger charge is 2.28. The molecule has 2 unspecified atom stereocenters. The van der Waals surface area contributed by atoms with Crippen molar-refractivity contribution >= 4 is 28.7 Å². The Kier molecular flexibility index (Phi) is 8.08. The van der Waals surface area contributed by atoms with Crippen LogP contribution in [0.2, 0.25) is 0 Å². The molecule has 0 radical (unpaired) electrons. The third kappa shape index (κ3) is 5.91. The van der Waals surface area contributed by atoms with Crippen molar-refractivity contribution in [1.29, 1.82) is 0 Å². The number of nitrogens with zero attached hydrogens (tertiary/aromatic N) is 1. The lowest BCUT2D eigenvalue weighted by Crippen LogP contribution is -2.31. The van der Waals surface area contributed by atoms with Crippen molar-refractivity contribution in [3.8, 4) is 17.2 Å². The fourth-order valence-electron chi connectivity index (χ4n) is 4.22. The molecule has 0 aliphatic heterocycles. The summed E-state index contributed by atoms with van der Waals surface area (Å²) in [4.78, 5) is 33.7.